The number of nitrogens with zero attached hydrogens (tertiary/aromatic N) is 5. The van der Waals surface area contributed by atoms with E-state index in [9.17, 15) is 9.59 Å². The van der Waals surface area contributed by atoms with E-state index < -0.39 is 11.2 Å². The Morgan fingerprint density at radius 3 is 2.61 bits per heavy atom. The Morgan fingerprint density at radius 2 is 1.93 bits per heavy atom. The van der Waals surface area contributed by atoms with E-state index in [4.69, 9.17) is 11.6 Å². The average Bonchev–Trinajstić information content (AvgIpc) is 3.00. The summed E-state index contributed by atoms with van der Waals surface area (Å²) in [6, 6.07) is 7.14. The van der Waals surface area contributed by atoms with E-state index >= 15 is 0 Å². The first kappa shape index (κ1) is 19.9. The molecule has 9 heteroatoms. The van der Waals surface area contributed by atoms with Gasteiger partial charge in [-0.15, -0.1) is 0 Å². The molecule has 0 aliphatic heterocycles. The van der Waals surface area contributed by atoms with E-state index in [1.807, 2.05) is 13.0 Å². The SMILES string of the molecule is CCC/C(C)=N\Nc1nc2c(c(=O)n(Cc3ccccc3Cl)c(=O)n2C)n1C. The topological polar surface area (TPSA) is 86.2 Å². The molecular weight excluding hydrogens is 380 g/mol. The molecule has 0 aliphatic carbocycles. The smallest absolute Gasteiger partial charge is 0.306 e. The number of fused-ring (bicyclic) bond motifs is 1. The molecule has 3 aromatic rings. The molecule has 28 heavy (non-hydrogen) atoms. The van der Waals surface area contributed by atoms with Gasteiger partial charge in [0.2, 0.25) is 5.95 Å². The summed E-state index contributed by atoms with van der Waals surface area (Å²) in [6.45, 7) is 4.08. The lowest BCUT2D eigenvalue weighted by molar-refractivity contribution is 0.655. The minimum absolute atomic E-state index is 0.0861. The van der Waals surface area contributed by atoms with Gasteiger partial charge in [-0.1, -0.05) is 43.1 Å². The number of hydrogen-bond acceptors (Lipinski definition) is 5. The van der Waals surface area contributed by atoms with Crippen LogP contribution in [0.4, 0.5) is 5.95 Å². The van der Waals surface area contributed by atoms with Gasteiger partial charge in [0.05, 0.1) is 6.54 Å². The quantitative estimate of drug-likeness (QED) is 0.507. The Kier molecular flexibility index (Phi) is 5.69. The molecule has 0 saturated carbocycles. The van der Waals surface area contributed by atoms with Crippen molar-refractivity contribution in [3.63, 3.8) is 0 Å². The lowest BCUT2D eigenvalue weighted by atomic mass is 10.2. The van der Waals surface area contributed by atoms with Crippen LogP contribution in [-0.4, -0.2) is 24.4 Å². The van der Waals surface area contributed by atoms with Crippen molar-refractivity contribution in [2.45, 2.75) is 33.2 Å². The van der Waals surface area contributed by atoms with Crippen LogP contribution in [0.15, 0.2) is 39.0 Å². The van der Waals surface area contributed by atoms with Crippen LogP contribution in [0.2, 0.25) is 5.02 Å². The first-order valence-electron chi connectivity index (χ1n) is 9.04. The lowest BCUT2D eigenvalue weighted by Gasteiger charge is -2.09. The predicted molar refractivity (Wildman–Crippen MR) is 112 cm³/mol. The average molecular weight is 403 g/mol. The van der Waals surface area contributed by atoms with Crippen LogP contribution in [0.1, 0.15) is 32.3 Å². The molecule has 3 rings (SSSR count). The molecule has 0 fully saturated rings. The fraction of sp³-hybridized carbons (Fsp3) is 0.368. The fourth-order valence-corrected chi connectivity index (χ4v) is 3.24. The molecule has 2 aromatic heterocycles. The van der Waals surface area contributed by atoms with Crippen LogP contribution in [0.25, 0.3) is 11.2 Å². The molecule has 0 spiro atoms. The van der Waals surface area contributed by atoms with Crippen LogP contribution >= 0.6 is 11.6 Å². The molecule has 0 saturated heterocycles. The van der Waals surface area contributed by atoms with Gasteiger partial charge in [-0.25, -0.2) is 10.2 Å². The maximum Gasteiger partial charge on any atom is 0.332 e. The molecule has 148 valence electrons. The van der Waals surface area contributed by atoms with Gasteiger partial charge in [-0.3, -0.25) is 13.9 Å². The molecular formula is C19H23ClN6O2. The number of imidazole rings is 1. The Bertz CT molecular complexity index is 1170. The summed E-state index contributed by atoms with van der Waals surface area (Å²) in [5.41, 5.74) is 4.27. The summed E-state index contributed by atoms with van der Waals surface area (Å²) >= 11 is 6.20. The van der Waals surface area contributed by atoms with E-state index in [2.05, 4.69) is 22.4 Å². The number of anilines is 1. The van der Waals surface area contributed by atoms with Gasteiger partial charge in [0.1, 0.15) is 0 Å². The summed E-state index contributed by atoms with van der Waals surface area (Å²) in [6.07, 6.45) is 1.85. The normalized spacial score (nSPS) is 12.0. The standard InChI is InChI=1S/C19H23ClN6O2/c1-5-8-12(2)22-23-18-21-16-15(24(18)3)17(27)26(19(28)25(16)4)11-13-9-6-7-10-14(13)20/h6-7,9-10H,5,8,11H2,1-4H3,(H,21,23)/b22-12-. The highest BCUT2D eigenvalue weighted by atomic mass is 35.5. The summed E-state index contributed by atoms with van der Waals surface area (Å²) < 4.78 is 4.14. The second-order valence-electron chi connectivity index (χ2n) is 6.70. The zero-order valence-corrected chi connectivity index (χ0v) is 17.1. The lowest BCUT2D eigenvalue weighted by Crippen LogP contribution is -2.39. The predicted octanol–water partition coefficient (Wildman–Crippen LogP) is 2.72. The molecule has 1 N–H and O–H groups in total. The first-order chi connectivity index (χ1) is 13.3. The van der Waals surface area contributed by atoms with Crippen LogP contribution in [0.3, 0.4) is 0 Å². The van der Waals surface area contributed by atoms with Gasteiger partial charge >= 0.3 is 5.69 Å². The van der Waals surface area contributed by atoms with Gasteiger partial charge in [-0.2, -0.15) is 10.1 Å². The molecule has 1 aromatic carbocycles. The molecule has 2 heterocycles. The zero-order valence-electron chi connectivity index (χ0n) is 16.4. The van der Waals surface area contributed by atoms with Crippen LogP contribution in [-0.2, 0) is 20.6 Å². The number of benzene rings is 1. The maximum absolute atomic E-state index is 13.1. The number of aryl methyl sites for hydroxylation is 2. The summed E-state index contributed by atoms with van der Waals surface area (Å²) in [4.78, 5) is 30.3. The van der Waals surface area contributed by atoms with Crippen molar-refractivity contribution in [1.29, 1.82) is 0 Å². The third kappa shape index (κ3) is 3.60. The van der Waals surface area contributed by atoms with Crippen molar-refractivity contribution in [2.24, 2.45) is 19.2 Å². The van der Waals surface area contributed by atoms with E-state index in [-0.39, 0.29) is 6.54 Å². The van der Waals surface area contributed by atoms with E-state index in [0.29, 0.717) is 27.7 Å². The second kappa shape index (κ2) is 8.02. The third-order valence-corrected chi connectivity index (χ3v) is 4.97. The van der Waals surface area contributed by atoms with Gasteiger partial charge in [0.15, 0.2) is 11.2 Å². The van der Waals surface area contributed by atoms with Crippen molar-refractivity contribution in [3.8, 4) is 0 Å². The number of rotatable bonds is 6. The van der Waals surface area contributed by atoms with Crippen LogP contribution in [0.5, 0.6) is 0 Å². The zero-order chi connectivity index (χ0) is 20.4. The minimum atomic E-state index is -0.451. The van der Waals surface area contributed by atoms with E-state index in [1.165, 1.54) is 9.13 Å². The minimum Gasteiger partial charge on any atom is -0.306 e. The van der Waals surface area contributed by atoms with Gasteiger partial charge in [0, 0.05) is 24.8 Å². The number of hydrogen-bond donors (Lipinski definition) is 1. The molecule has 0 atom stereocenters. The molecule has 8 nitrogen and oxygen atoms in total. The Balaban J connectivity index is 2.12. The molecule has 0 amide bonds. The van der Waals surface area contributed by atoms with Crippen molar-refractivity contribution in [2.75, 3.05) is 5.43 Å². The Hall–Kier alpha value is -2.87. The van der Waals surface area contributed by atoms with Crippen molar-refractivity contribution < 1.29 is 0 Å². The third-order valence-electron chi connectivity index (χ3n) is 4.60. The largest absolute Gasteiger partial charge is 0.332 e. The van der Waals surface area contributed by atoms with Gasteiger partial charge in [-0.05, 0) is 25.0 Å². The highest BCUT2D eigenvalue weighted by Crippen LogP contribution is 2.17. The Morgan fingerprint density at radius 1 is 1.21 bits per heavy atom. The number of aromatic nitrogens is 4. The van der Waals surface area contributed by atoms with E-state index in [0.717, 1.165) is 18.6 Å². The van der Waals surface area contributed by atoms with Crippen molar-refractivity contribution in [3.05, 3.63) is 55.7 Å². The fourth-order valence-electron chi connectivity index (χ4n) is 3.04. The number of hydrazone groups is 1. The summed E-state index contributed by atoms with van der Waals surface area (Å²) in [5, 5.41) is 4.80. The van der Waals surface area contributed by atoms with Crippen LogP contribution < -0.4 is 16.7 Å². The first-order valence-corrected chi connectivity index (χ1v) is 9.41. The molecule has 0 aliphatic rings. The number of halogens is 1. The van der Waals surface area contributed by atoms with Gasteiger partial charge in [0.25, 0.3) is 5.56 Å². The van der Waals surface area contributed by atoms with Crippen LogP contribution in [0, 0.1) is 0 Å². The van der Waals surface area contributed by atoms with Gasteiger partial charge < -0.3 is 4.57 Å². The summed E-state index contributed by atoms with van der Waals surface area (Å²) in [5.74, 6) is 0.396. The highest BCUT2D eigenvalue weighted by molar-refractivity contribution is 6.31. The Labute approximate surface area is 167 Å². The van der Waals surface area contributed by atoms with Crippen molar-refractivity contribution >= 4 is 34.4 Å². The second-order valence-corrected chi connectivity index (χ2v) is 7.11. The molecule has 0 bridgehead atoms. The molecule has 0 radical (unpaired) electrons. The molecule has 0 unspecified atom stereocenters. The summed E-state index contributed by atoms with van der Waals surface area (Å²) in [7, 11) is 3.31. The maximum atomic E-state index is 13.1. The van der Waals surface area contributed by atoms with Crippen molar-refractivity contribution in [1.82, 2.24) is 18.7 Å². The monoisotopic (exact) mass is 402 g/mol. The highest BCUT2D eigenvalue weighted by Gasteiger charge is 2.19. The van der Waals surface area contributed by atoms with E-state index in [1.54, 1.807) is 36.9 Å². The number of nitrogens with one attached hydrogen (secondary N) is 1.